The third kappa shape index (κ3) is 3.71. The summed E-state index contributed by atoms with van der Waals surface area (Å²) in [6.45, 7) is 5.04. The number of benzene rings is 1. The van der Waals surface area contributed by atoms with E-state index in [2.05, 4.69) is 45.7 Å². The lowest BCUT2D eigenvalue weighted by molar-refractivity contribution is 0.243. The Labute approximate surface area is 161 Å². The van der Waals surface area contributed by atoms with Crippen LogP contribution in [0.25, 0.3) is 0 Å². The molecule has 2 aliphatic heterocycles. The summed E-state index contributed by atoms with van der Waals surface area (Å²) in [4.78, 5) is 4.84. The topological polar surface area (TPSA) is 29.2 Å². The first kappa shape index (κ1) is 17.7. The minimum atomic E-state index is 0.743. The molecule has 1 fully saturated rings. The lowest BCUT2D eigenvalue weighted by Gasteiger charge is -2.24. The Morgan fingerprint density at radius 2 is 1.81 bits per heavy atom. The fraction of sp³-hybridized carbons (Fsp3) is 0.600. The van der Waals surface area contributed by atoms with Gasteiger partial charge in [-0.05, 0) is 56.6 Å². The molecule has 26 heavy (non-hydrogen) atoms. The molecule has 2 aromatic rings. The maximum absolute atomic E-state index is 5.70. The minimum absolute atomic E-state index is 0.743. The van der Waals surface area contributed by atoms with Crippen molar-refractivity contribution in [3.05, 3.63) is 40.4 Å². The largest absolute Gasteiger partial charge is 0.371 e. The van der Waals surface area contributed by atoms with E-state index in [4.69, 9.17) is 17.3 Å². The van der Waals surface area contributed by atoms with Gasteiger partial charge >= 0.3 is 0 Å². The lowest BCUT2D eigenvalue weighted by Crippen LogP contribution is -2.25. The number of aryl methyl sites for hydroxylation is 1. The van der Waals surface area contributed by atoms with Crippen LogP contribution in [0.3, 0.4) is 0 Å². The van der Waals surface area contributed by atoms with Crippen LogP contribution in [0.4, 0.5) is 5.69 Å². The molecule has 1 aromatic heterocycles. The predicted octanol–water partition coefficient (Wildman–Crippen LogP) is 3.83. The molecule has 1 saturated heterocycles. The first-order valence-electron chi connectivity index (χ1n) is 9.90. The highest BCUT2D eigenvalue weighted by molar-refractivity contribution is 7.71. The maximum Gasteiger partial charge on any atom is 0.199 e. The van der Waals surface area contributed by atoms with Crippen LogP contribution in [-0.2, 0) is 26.2 Å². The normalized spacial score (nSPS) is 17.5. The standard InChI is InChI=1S/C20H29N5S/c1-22(15-17-9-4-5-10-18(17)23-12-7-8-13-23)16-25-20(26)24-14-6-2-3-11-19(24)21-25/h4-5,9-10H,2-3,6-8,11-16H2,1H3. The molecule has 4 rings (SSSR count). The molecule has 1 aromatic carbocycles. The van der Waals surface area contributed by atoms with Gasteiger partial charge in [0.15, 0.2) is 4.77 Å². The third-order valence-electron chi connectivity index (χ3n) is 5.54. The van der Waals surface area contributed by atoms with Gasteiger partial charge in [0.2, 0.25) is 0 Å². The van der Waals surface area contributed by atoms with E-state index in [9.17, 15) is 0 Å². The number of anilines is 1. The summed E-state index contributed by atoms with van der Waals surface area (Å²) in [6.07, 6.45) is 7.39. The summed E-state index contributed by atoms with van der Waals surface area (Å²) in [7, 11) is 2.16. The number of para-hydroxylation sites is 1. The molecule has 0 radical (unpaired) electrons. The number of aromatic nitrogens is 3. The second-order valence-electron chi connectivity index (χ2n) is 7.64. The Kier molecular flexibility index (Phi) is 5.41. The van der Waals surface area contributed by atoms with Gasteiger partial charge in [-0.3, -0.25) is 4.90 Å². The number of nitrogens with zero attached hydrogens (tertiary/aromatic N) is 5. The van der Waals surface area contributed by atoms with Gasteiger partial charge in [0.05, 0.1) is 6.67 Å². The average molecular weight is 372 g/mol. The zero-order chi connectivity index (χ0) is 17.9. The molecule has 0 amide bonds. The van der Waals surface area contributed by atoms with Gasteiger partial charge in [0.1, 0.15) is 5.82 Å². The van der Waals surface area contributed by atoms with Crippen molar-refractivity contribution in [3.63, 3.8) is 0 Å². The summed E-state index contributed by atoms with van der Waals surface area (Å²) in [5.74, 6) is 1.17. The zero-order valence-corrected chi connectivity index (χ0v) is 16.5. The van der Waals surface area contributed by atoms with Crippen LogP contribution in [-0.4, -0.2) is 39.4 Å². The summed E-state index contributed by atoms with van der Waals surface area (Å²) in [5.41, 5.74) is 2.78. The van der Waals surface area contributed by atoms with Crippen LogP contribution in [0.2, 0.25) is 0 Å². The van der Waals surface area contributed by atoms with E-state index in [1.165, 1.54) is 62.3 Å². The highest BCUT2D eigenvalue weighted by Gasteiger charge is 2.17. The highest BCUT2D eigenvalue weighted by Crippen LogP contribution is 2.25. The van der Waals surface area contributed by atoms with E-state index in [1.54, 1.807) is 0 Å². The fourth-order valence-electron chi connectivity index (χ4n) is 4.20. The van der Waals surface area contributed by atoms with Crippen molar-refractivity contribution in [3.8, 4) is 0 Å². The molecule has 6 heteroatoms. The minimum Gasteiger partial charge on any atom is -0.371 e. The second kappa shape index (κ2) is 7.92. The Morgan fingerprint density at radius 3 is 2.65 bits per heavy atom. The van der Waals surface area contributed by atoms with Crippen molar-refractivity contribution in [1.29, 1.82) is 0 Å². The smallest absolute Gasteiger partial charge is 0.199 e. The lowest BCUT2D eigenvalue weighted by atomic mass is 10.1. The van der Waals surface area contributed by atoms with E-state index in [1.807, 2.05) is 4.68 Å². The molecule has 0 N–H and O–H groups in total. The molecule has 0 unspecified atom stereocenters. The summed E-state index contributed by atoms with van der Waals surface area (Å²) in [6, 6.07) is 8.82. The molecule has 140 valence electrons. The number of fused-ring (bicyclic) bond motifs is 1. The molecule has 0 aliphatic carbocycles. The monoisotopic (exact) mass is 371 g/mol. The first-order chi connectivity index (χ1) is 12.7. The van der Waals surface area contributed by atoms with Crippen molar-refractivity contribution >= 4 is 17.9 Å². The molecule has 3 heterocycles. The summed E-state index contributed by atoms with van der Waals surface area (Å²) >= 11 is 5.70. The Hall–Kier alpha value is -1.66. The molecule has 2 aliphatic rings. The van der Waals surface area contributed by atoms with Crippen LogP contribution in [0.5, 0.6) is 0 Å². The van der Waals surface area contributed by atoms with Gasteiger partial charge in [0, 0.05) is 38.3 Å². The molecule has 5 nitrogen and oxygen atoms in total. The summed E-state index contributed by atoms with van der Waals surface area (Å²) in [5, 5.41) is 4.82. The Balaban J connectivity index is 1.48. The molecular weight excluding hydrogens is 342 g/mol. The predicted molar refractivity (Wildman–Crippen MR) is 108 cm³/mol. The van der Waals surface area contributed by atoms with Crippen LogP contribution in [0.1, 0.15) is 43.5 Å². The zero-order valence-electron chi connectivity index (χ0n) is 15.7. The van der Waals surface area contributed by atoms with E-state index < -0.39 is 0 Å². The SMILES string of the molecule is CN(Cc1ccccc1N1CCCC1)Cn1nc2n(c1=S)CCCCC2. The van der Waals surface area contributed by atoms with Crippen LogP contribution in [0, 0.1) is 4.77 Å². The quantitative estimate of drug-likeness (QED) is 0.747. The van der Waals surface area contributed by atoms with E-state index >= 15 is 0 Å². The maximum atomic E-state index is 5.70. The summed E-state index contributed by atoms with van der Waals surface area (Å²) < 4.78 is 5.13. The second-order valence-corrected chi connectivity index (χ2v) is 8.00. The van der Waals surface area contributed by atoms with Gasteiger partial charge in [-0.1, -0.05) is 24.6 Å². The molecular formula is C20H29N5S. The first-order valence-corrected chi connectivity index (χ1v) is 10.3. The van der Waals surface area contributed by atoms with Crippen LogP contribution >= 0.6 is 12.2 Å². The number of hydrogen-bond donors (Lipinski definition) is 0. The highest BCUT2D eigenvalue weighted by atomic mass is 32.1. The van der Waals surface area contributed by atoms with Crippen molar-refractivity contribution < 1.29 is 0 Å². The molecule has 0 atom stereocenters. The van der Waals surface area contributed by atoms with E-state index in [-0.39, 0.29) is 0 Å². The Morgan fingerprint density at radius 1 is 1.04 bits per heavy atom. The van der Waals surface area contributed by atoms with Gasteiger partial charge in [-0.2, -0.15) is 5.10 Å². The number of rotatable bonds is 5. The van der Waals surface area contributed by atoms with Crippen LogP contribution < -0.4 is 4.90 Å². The van der Waals surface area contributed by atoms with E-state index in [0.717, 1.165) is 31.0 Å². The van der Waals surface area contributed by atoms with Gasteiger partial charge in [0.25, 0.3) is 0 Å². The third-order valence-corrected chi connectivity index (χ3v) is 5.97. The molecule has 0 saturated carbocycles. The Bertz CT molecular complexity index is 803. The van der Waals surface area contributed by atoms with Crippen molar-refractivity contribution in [1.82, 2.24) is 19.2 Å². The van der Waals surface area contributed by atoms with Crippen LogP contribution in [0.15, 0.2) is 24.3 Å². The molecule has 0 bridgehead atoms. The van der Waals surface area contributed by atoms with Gasteiger partial charge in [-0.25, -0.2) is 4.68 Å². The average Bonchev–Trinajstić information content (AvgIpc) is 3.19. The van der Waals surface area contributed by atoms with Crippen molar-refractivity contribution in [2.75, 3.05) is 25.0 Å². The van der Waals surface area contributed by atoms with Crippen molar-refractivity contribution in [2.24, 2.45) is 0 Å². The fourth-order valence-corrected chi connectivity index (χ4v) is 4.49. The molecule has 0 spiro atoms. The van der Waals surface area contributed by atoms with Gasteiger partial charge < -0.3 is 9.47 Å². The van der Waals surface area contributed by atoms with E-state index in [0.29, 0.717) is 0 Å². The van der Waals surface area contributed by atoms with Gasteiger partial charge in [-0.15, -0.1) is 0 Å². The van der Waals surface area contributed by atoms with Crippen molar-refractivity contribution in [2.45, 2.75) is 58.3 Å². The number of hydrogen-bond acceptors (Lipinski definition) is 4.